The Bertz CT molecular complexity index is 248. The van der Waals surface area contributed by atoms with Crippen LogP contribution < -0.4 is 11.5 Å². The van der Waals surface area contributed by atoms with E-state index in [0.717, 1.165) is 38.6 Å². The van der Waals surface area contributed by atoms with Gasteiger partial charge in [0.2, 0.25) is 0 Å². The Morgan fingerprint density at radius 1 is 0.708 bits per heavy atom. The minimum atomic E-state index is -0.839. The Balaban J connectivity index is 3.74. The zero-order valence-corrected chi connectivity index (χ0v) is 16.4. The predicted octanol–water partition coefficient (Wildman–Crippen LogP) is 3.94. The molecule has 1 atom stereocenters. The van der Waals surface area contributed by atoms with E-state index in [0.29, 0.717) is 25.9 Å². The van der Waals surface area contributed by atoms with Crippen LogP contribution in [-0.4, -0.2) is 38.4 Å². The molecule has 0 saturated carbocycles. The first-order valence-electron chi connectivity index (χ1n) is 10.0. The Kier molecular flexibility index (Phi) is 16.1. The molecule has 0 fully saturated rings. The van der Waals surface area contributed by atoms with Gasteiger partial charge < -0.3 is 25.7 Å². The van der Waals surface area contributed by atoms with Crippen molar-refractivity contribution in [2.24, 2.45) is 11.5 Å². The average molecular weight is 347 g/mol. The van der Waals surface area contributed by atoms with Crippen molar-refractivity contribution >= 4 is 0 Å². The van der Waals surface area contributed by atoms with E-state index >= 15 is 0 Å². The van der Waals surface area contributed by atoms with Gasteiger partial charge in [0.15, 0.2) is 0 Å². The van der Waals surface area contributed by atoms with Crippen LogP contribution in [-0.2, 0) is 14.2 Å². The summed E-state index contributed by atoms with van der Waals surface area (Å²) in [5.41, 5.74) is 11.6. The Morgan fingerprint density at radius 3 is 1.67 bits per heavy atom. The summed E-state index contributed by atoms with van der Waals surface area (Å²) >= 11 is 0. The Hall–Kier alpha value is -0.200. The number of hydrogen-bond acceptors (Lipinski definition) is 5. The Morgan fingerprint density at radius 2 is 1.17 bits per heavy atom. The van der Waals surface area contributed by atoms with Gasteiger partial charge in [-0.3, -0.25) is 0 Å². The van der Waals surface area contributed by atoms with E-state index < -0.39 is 5.97 Å². The van der Waals surface area contributed by atoms with Gasteiger partial charge in [-0.05, 0) is 53.0 Å². The number of ether oxygens (including phenoxy) is 3. The molecule has 0 aromatic carbocycles. The second-order valence-electron chi connectivity index (χ2n) is 6.33. The van der Waals surface area contributed by atoms with Gasteiger partial charge in [-0.1, -0.05) is 32.1 Å². The van der Waals surface area contributed by atoms with Crippen molar-refractivity contribution in [2.45, 2.75) is 97.0 Å². The first kappa shape index (κ1) is 23.8. The first-order chi connectivity index (χ1) is 11.6. The minimum Gasteiger partial charge on any atom is -0.330 e. The molecule has 0 amide bonds. The van der Waals surface area contributed by atoms with E-state index in [2.05, 4.69) is 0 Å². The molecule has 0 radical (unpaired) electrons. The van der Waals surface area contributed by atoms with Crippen LogP contribution in [0.3, 0.4) is 0 Å². The van der Waals surface area contributed by atoms with Crippen molar-refractivity contribution < 1.29 is 14.2 Å². The molecule has 0 aliphatic heterocycles. The summed E-state index contributed by atoms with van der Waals surface area (Å²) in [7, 11) is 0. The minimum absolute atomic E-state index is 0.331. The van der Waals surface area contributed by atoms with Gasteiger partial charge in [-0.25, -0.2) is 0 Å². The van der Waals surface area contributed by atoms with E-state index in [1.54, 1.807) is 0 Å². The molecule has 0 bridgehead atoms. The summed E-state index contributed by atoms with van der Waals surface area (Å²) in [5, 5.41) is 0. The van der Waals surface area contributed by atoms with Gasteiger partial charge in [-0.2, -0.15) is 0 Å². The molecular formula is C19H42N2O3. The molecule has 0 unspecified atom stereocenters. The normalized spacial score (nSPS) is 13.4. The zero-order chi connectivity index (χ0) is 18.1. The van der Waals surface area contributed by atoms with Crippen LogP contribution >= 0.6 is 0 Å². The smallest absolute Gasteiger partial charge is 0.282 e. The van der Waals surface area contributed by atoms with Crippen LogP contribution in [0, 0.1) is 0 Å². The van der Waals surface area contributed by atoms with E-state index in [-0.39, 0.29) is 0 Å². The fourth-order valence-corrected chi connectivity index (χ4v) is 2.98. The maximum atomic E-state index is 6.06. The number of rotatable bonds is 18. The van der Waals surface area contributed by atoms with Crippen molar-refractivity contribution in [3.63, 3.8) is 0 Å². The fraction of sp³-hybridized carbons (Fsp3) is 1.00. The molecular weight excluding hydrogens is 304 g/mol. The maximum absolute atomic E-state index is 6.06. The lowest BCUT2D eigenvalue weighted by Crippen LogP contribution is -2.39. The van der Waals surface area contributed by atoms with E-state index in [9.17, 15) is 0 Å². The van der Waals surface area contributed by atoms with E-state index in [4.69, 9.17) is 25.7 Å². The molecule has 146 valence electrons. The number of unbranched alkanes of at least 4 members (excludes halogenated alkanes) is 5. The van der Waals surface area contributed by atoms with Crippen LogP contribution in [0.4, 0.5) is 0 Å². The van der Waals surface area contributed by atoms with Crippen LogP contribution in [0.15, 0.2) is 0 Å². The highest BCUT2D eigenvalue weighted by molar-refractivity contribution is 4.62. The quantitative estimate of drug-likeness (QED) is 0.290. The van der Waals surface area contributed by atoms with Crippen LogP contribution in [0.25, 0.3) is 0 Å². The second-order valence-corrected chi connectivity index (χ2v) is 6.33. The Labute approximate surface area is 149 Å². The molecule has 4 N–H and O–H groups in total. The molecule has 0 spiro atoms. The molecule has 0 aliphatic carbocycles. The van der Waals surface area contributed by atoms with Crippen molar-refractivity contribution in [1.82, 2.24) is 0 Å². The molecule has 0 rings (SSSR count). The SMILES string of the molecule is CCOC(CCCCCCCC[C@@H](N)CCCN)(OCC)OCC. The standard InChI is InChI=1S/C19H42N2O3/c1-4-22-19(23-5-2,24-6-3)16-12-10-8-7-9-11-14-18(21)15-13-17-20/h18H,4-17,20-21H2,1-3H3/t18-/m1/s1. The third-order valence-electron chi connectivity index (χ3n) is 4.18. The summed E-state index contributed by atoms with van der Waals surface area (Å²) in [6.07, 6.45) is 11.3. The second kappa shape index (κ2) is 16.3. The third-order valence-corrected chi connectivity index (χ3v) is 4.18. The van der Waals surface area contributed by atoms with Crippen LogP contribution in [0.1, 0.15) is 85.0 Å². The van der Waals surface area contributed by atoms with Crippen molar-refractivity contribution in [3.05, 3.63) is 0 Å². The van der Waals surface area contributed by atoms with Gasteiger partial charge in [0, 0.05) is 32.3 Å². The van der Waals surface area contributed by atoms with Crippen molar-refractivity contribution in [3.8, 4) is 0 Å². The number of nitrogens with two attached hydrogens (primary N) is 2. The molecule has 5 nitrogen and oxygen atoms in total. The van der Waals surface area contributed by atoms with Gasteiger partial charge in [0.25, 0.3) is 5.97 Å². The number of hydrogen-bond donors (Lipinski definition) is 2. The average Bonchev–Trinajstić information content (AvgIpc) is 2.56. The summed E-state index contributed by atoms with van der Waals surface area (Å²) in [5.74, 6) is -0.839. The topological polar surface area (TPSA) is 79.7 Å². The van der Waals surface area contributed by atoms with Gasteiger partial charge in [0.1, 0.15) is 0 Å². The molecule has 0 aliphatic rings. The highest BCUT2D eigenvalue weighted by atomic mass is 16.9. The lowest BCUT2D eigenvalue weighted by Gasteiger charge is -2.32. The van der Waals surface area contributed by atoms with Crippen molar-refractivity contribution in [1.29, 1.82) is 0 Å². The molecule has 0 heterocycles. The predicted molar refractivity (Wildman–Crippen MR) is 101 cm³/mol. The summed E-state index contributed by atoms with van der Waals surface area (Å²) in [6.45, 7) is 8.49. The van der Waals surface area contributed by atoms with Crippen molar-refractivity contribution in [2.75, 3.05) is 26.4 Å². The monoisotopic (exact) mass is 346 g/mol. The molecule has 5 heteroatoms. The first-order valence-corrected chi connectivity index (χ1v) is 10.0. The molecule has 0 aromatic rings. The third kappa shape index (κ3) is 12.2. The summed E-state index contributed by atoms with van der Waals surface area (Å²) in [4.78, 5) is 0. The van der Waals surface area contributed by atoms with E-state index in [1.165, 1.54) is 32.1 Å². The highest BCUT2D eigenvalue weighted by Crippen LogP contribution is 2.24. The largest absolute Gasteiger partial charge is 0.330 e. The maximum Gasteiger partial charge on any atom is 0.282 e. The molecule has 24 heavy (non-hydrogen) atoms. The highest BCUT2D eigenvalue weighted by Gasteiger charge is 2.31. The lowest BCUT2D eigenvalue weighted by molar-refractivity contribution is -0.380. The van der Waals surface area contributed by atoms with Gasteiger partial charge in [-0.15, -0.1) is 0 Å². The zero-order valence-electron chi connectivity index (χ0n) is 16.4. The summed E-state index contributed by atoms with van der Waals surface area (Å²) < 4.78 is 17.2. The summed E-state index contributed by atoms with van der Waals surface area (Å²) in [6, 6.07) is 0.331. The molecule has 0 aromatic heterocycles. The van der Waals surface area contributed by atoms with E-state index in [1.807, 2.05) is 20.8 Å². The molecule has 0 saturated heterocycles. The fourth-order valence-electron chi connectivity index (χ4n) is 2.98. The lowest BCUT2D eigenvalue weighted by atomic mass is 10.0. The van der Waals surface area contributed by atoms with Crippen LogP contribution in [0.2, 0.25) is 0 Å². The van der Waals surface area contributed by atoms with Gasteiger partial charge >= 0.3 is 0 Å². The van der Waals surface area contributed by atoms with Crippen LogP contribution in [0.5, 0.6) is 0 Å². The van der Waals surface area contributed by atoms with Gasteiger partial charge in [0.05, 0.1) is 0 Å².